The van der Waals surface area contributed by atoms with Crippen molar-refractivity contribution < 1.29 is 13.5 Å². The summed E-state index contributed by atoms with van der Waals surface area (Å²) in [5.74, 6) is 0.0772. The summed E-state index contributed by atoms with van der Waals surface area (Å²) in [6.45, 7) is 3.86. The van der Waals surface area contributed by atoms with Gasteiger partial charge in [0.2, 0.25) is 10.0 Å². The van der Waals surface area contributed by atoms with Crippen LogP contribution < -0.4 is 4.72 Å². The summed E-state index contributed by atoms with van der Waals surface area (Å²) in [5.41, 5.74) is 0. The predicted molar refractivity (Wildman–Crippen MR) is 77.1 cm³/mol. The third-order valence-electron chi connectivity index (χ3n) is 2.69. The van der Waals surface area contributed by atoms with Gasteiger partial charge in [0.15, 0.2) is 0 Å². The molecule has 1 rings (SSSR count). The zero-order chi connectivity index (χ0) is 14.6. The van der Waals surface area contributed by atoms with Crippen molar-refractivity contribution in [1.29, 1.82) is 0 Å². The van der Waals surface area contributed by atoms with Crippen molar-refractivity contribution in [3.8, 4) is 0 Å². The predicted octanol–water partition coefficient (Wildman–Crippen LogP) is 2.68. The summed E-state index contributed by atoms with van der Waals surface area (Å²) < 4.78 is 26.5. The van der Waals surface area contributed by atoms with Crippen LogP contribution >= 0.6 is 23.2 Å². The van der Waals surface area contributed by atoms with Crippen LogP contribution in [0.15, 0.2) is 23.1 Å². The van der Waals surface area contributed by atoms with Gasteiger partial charge in [0, 0.05) is 6.54 Å². The third-order valence-corrected chi connectivity index (χ3v) is 5.10. The van der Waals surface area contributed by atoms with Crippen LogP contribution in [0.4, 0.5) is 0 Å². The molecule has 0 aromatic heterocycles. The van der Waals surface area contributed by atoms with Gasteiger partial charge in [0.05, 0.1) is 16.1 Å². The zero-order valence-corrected chi connectivity index (χ0v) is 13.1. The van der Waals surface area contributed by atoms with Crippen molar-refractivity contribution >= 4 is 33.2 Å². The van der Waals surface area contributed by atoms with Crippen LogP contribution in [0.2, 0.25) is 10.0 Å². The molecule has 0 aliphatic carbocycles. The number of hydrogen-bond donors (Lipinski definition) is 2. The molecule has 7 heteroatoms. The summed E-state index contributed by atoms with van der Waals surface area (Å²) in [6.07, 6.45) is -0.219. The Morgan fingerprint density at radius 3 is 2.26 bits per heavy atom. The maximum absolute atomic E-state index is 12.1. The number of nitrogens with one attached hydrogen (secondary N) is 1. The SMILES string of the molecule is CC(C)C(O)CCNS(=O)(=O)c1c(Cl)cccc1Cl. The second kappa shape index (κ2) is 6.90. The van der Waals surface area contributed by atoms with Crippen LogP contribution in [0.5, 0.6) is 0 Å². The Bertz CT molecular complexity index is 512. The van der Waals surface area contributed by atoms with E-state index in [1.54, 1.807) is 6.07 Å². The molecule has 1 atom stereocenters. The van der Waals surface area contributed by atoms with E-state index >= 15 is 0 Å². The van der Waals surface area contributed by atoms with Crippen LogP contribution in [-0.4, -0.2) is 26.2 Å². The van der Waals surface area contributed by atoms with Crippen LogP contribution in [0.3, 0.4) is 0 Å². The second-order valence-electron chi connectivity index (χ2n) is 4.55. The van der Waals surface area contributed by atoms with E-state index in [0.29, 0.717) is 6.42 Å². The first-order chi connectivity index (χ1) is 8.75. The molecule has 0 aliphatic rings. The normalized spacial score (nSPS) is 13.8. The van der Waals surface area contributed by atoms with Gasteiger partial charge in [-0.1, -0.05) is 43.1 Å². The monoisotopic (exact) mass is 325 g/mol. The lowest BCUT2D eigenvalue weighted by Crippen LogP contribution is -2.29. The van der Waals surface area contributed by atoms with E-state index in [2.05, 4.69) is 4.72 Å². The van der Waals surface area contributed by atoms with Crippen molar-refractivity contribution in [3.63, 3.8) is 0 Å². The summed E-state index contributed by atoms with van der Waals surface area (Å²) >= 11 is 11.7. The summed E-state index contributed by atoms with van der Waals surface area (Å²) in [5, 5.41) is 9.76. The fourth-order valence-corrected chi connectivity index (χ4v) is 3.67. The number of benzene rings is 1. The number of aliphatic hydroxyl groups excluding tert-OH is 1. The molecule has 0 fully saturated rings. The highest BCUT2D eigenvalue weighted by Crippen LogP contribution is 2.28. The van der Waals surface area contributed by atoms with Crippen molar-refractivity contribution in [2.75, 3.05) is 6.54 Å². The number of hydrogen-bond acceptors (Lipinski definition) is 3. The lowest BCUT2D eigenvalue weighted by molar-refractivity contribution is 0.118. The molecule has 19 heavy (non-hydrogen) atoms. The first-order valence-corrected chi connectivity index (χ1v) is 8.11. The molecule has 1 unspecified atom stereocenters. The number of sulfonamides is 1. The molecule has 1 aromatic rings. The molecule has 0 amide bonds. The van der Waals surface area contributed by atoms with Gasteiger partial charge in [-0.15, -0.1) is 0 Å². The van der Waals surface area contributed by atoms with Gasteiger partial charge in [-0.05, 0) is 24.5 Å². The van der Waals surface area contributed by atoms with Gasteiger partial charge in [0.1, 0.15) is 4.90 Å². The smallest absolute Gasteiger partial charge is 0.243 e. The fourth-order valence-electron chi connectivity index (χ4n) is 1.49. The first kappa shape index (κ1) is 16.7. The molecule has 0 saturated carbocycles. The van der Waals surface area contributed by atoms with Gasteiger partial charge >= 0.3 is 0 Å². The number of halogens is 2. The van der Waals surface area contributed by atoms with Crippen LogP contribution in [0.1, 0.15) is 20.3 Å². The fraction of sp³-hybridized carbons (Fsp3) is 0.500. The van der Waals surface area contributed by atoms with E-state index in [1.807, 2.05) is 13.8 Å². The largest absolute Gasteiger partial charge is 0.393 e. The molecule has 0 spiro atoms. The maximum Gasteiger partial charge on any atom is 0.243 e. The van der Waals surface area contributed by atoms with Crippen molar-refractivity contribution in [2.45, 2.75) is 31.3 Å². The molecule has 0 heterocycles. The lowest BCUT2D eigenvalue weighted by atomic mass is 10.1. The minimum Gasteiger partial charge on any atom is -0.393 e. The summed E-state index contributed by atoms with van der Waals surface area (Å²) in [7, 11) is -3.77. The highest BCUT2D eigenvalue weighted by Gasteiger charge is 2.21. The molecule has 1 aromatic carbocycles. The quantitative estimate of drug-likeness (QED) is 0.845. The maximum atomic E-state index is 12.1. The average molecular weight is 326 g/mol. The van der Waals surface area contributed by atoms with Crippen LogP contribution in [0, 0.1) is 5.92 Å². The molecule has 0 bridgehead atoms. The van der Waals surface area contributed by atoms with E-state index in [9.17, 15) is 13.5 Å². The highest BCUT2D eigenvalue weighted by atomic mass is 35.5. The highest BCUT2D eigenvalue weighted by molar-refractivity contribution is 7.89. The van der Waals surface area contributed by atoms with E-state index in [1.165, 1.54) is 12.1 Å². The Morgan fingerprint density at radius 1 is 1.26 bits per heavy atom. The van der Waals surface area contributed by atoms with Crippen molar-refractivity contribution in [3.05, 3.63) is 28.2 Å². The molecule has 108 valence electrons. The third kappa shape index (κ3) is 4.61. The first-order valence-electron chi connectivity index (χ1n) is 5.87. The summed E-state index contributed by atoms with van der Waals surface area (Å²) in [4.78, 5) is -0.127. The minimum absolute atomic E-state index is 0.0735. The molecule has 2 N–H and O–H groups in total. The molecule has 4 nitrogen and oxygen atoms in total. The van der Waals surface area contributed by atoms with Crippen molar-refractivity contribution in [2.24, 2.45) is 5.92 Å². The van der Waals surface area contributed by atoms with E-state index < -0.39 is 16.1 Å². The Hall–Kier alpha value is -0.330. The zero-order valence-electron chi connectivity index (χ0n) is 10.7. The topological polar surface area (TPSA) is 66.4 Å². The minimum atomic E-state index is -3.77. The van der Waals surface area contributed by atoms with E-state index in [4.69, 9.17) is 23.2 Å². The number of aliphatic hydroxyl groups is 1. The Kier molecular flexibility index (Phi) is 6.08. The van der Waals surface area contributed by atoms with Gasteiger partial charge in [-0.25, -0.2) is 13.1 Å². The van der Waals surface area contributed by atoms with Gasteiger partial charge in [-0.2, -0.15) is 0 Å². The Morgan fingerprint density at radius 2 is 1.79 bits per heavy atom. The Balaban J connectivity index is 2.77. The van der Waals surface area contributed by atoms with Crippen LogP contribution in [0.25, 0.3) is 0 Å². The van der Waals surface area contributed by atoms with Crippen LogP contribution in [-0.2, 0) is 10.0 Å². The Labute approximate surface area is 123 Å². The van der Waals surface area contributed by atoms with E-state index in [-0.39, 0.29) is 27.4 Å². The molecule has 0 aliphatic heterocycles. The van der Waals surface area contributed by atoms with Gasteiger partial charge in [-0.3, -0.25) is 0 Å². The standard InChI is InChI=1S/C12H17Cl2NO3S/c1-8(2)11(16)6-7-15-19(17,18)12-9(13)4-3-5-10(12)14/h3-5,8,11,15-16H,6-7H2,1-2H3. The van der Waals surface area contributed by atoms with Crippen molar-refractivity contribution in [1.82, 2.24) is 4.72 Å². The molecule has 0 saturated heterocycles. The average Bonchev–Trinajstić information content (AvgIpc) is 2.27. The molecular weight excluding hydrogens is 309 g/mol. The van der Waals surface area contributed by atoms with Gasteiger partial charge < -0.3 is 5.11 Å². The number of rotatable bonds is 6. The lowest BCUT2D eigenvalue weighted by Gasteiger charge is -2.15. The second-order valence-corrected chi connectivity index (χ2v) is 7.07. The molecule has 0 radical (unpaired) electrons. The van der Waals surface area contributed by atoms with Gasteiger partial charge in [0.25, 0.3) is 0 Å². The molecular formula is C12H17Cl2NO3S. The summed E-state index contributed by atoms with van der Waals surface area (Å²) in [6, 6.07) is 4.50. The van der Waals surface area contributed by atoms with E-state index in [0.717, 1.165) is 0 Å².